The Hall–Kier alpha value is -5.81. The molecule has 5 aromatic carbocycles. The van der Waals surface area contributed by atoms with Crippen molar-refractivity contribution in [3.05, 3.63) is 139 Å². The number of aliphatic imine (C=N–C) groups is 1. The largest absolute Gasteiger partial charge is 0.455 e. The minimum Gasteiger partial charge on any atom is -0.455 e. The van der Waals surface area contributed by atoms with E-state index in [1.807, 2.05) is 85.0 Å². The van der Waals surface area contributed by atoms with E-state index in [1.165, 1.54) is 0 Å². The lowest BCUT2D eigenvalue weighted by Crippen LogP contribution is -2.10. The molecule has 204 valence electrons. The van der Waals surface area contributed by atoms with E-state index in [0.29, 0.717) is 12.4 Å². The molecule has 0 spiro atoms. The second-order valence-electron chi connectivity index (χ2n) is 10.9. The van der Waals surface area contributed by atoms with Gasteiger partial charge in [-0.25, -0.2) is 0 Å². The van der Waals surface area contributed by atoms with Gasteiger partial charge in [-0.05, 0) is 29.8 Å². The van der Waals surface area contributed by atoms with Gasteiger partial charge >= 0.3 is 0 Å². The maximum Gasteiger partial charge on any atom is 0.163 e. The van der Waals surface area contributed by atoms with Crippen molar-refractivity contribution in [1.82, 2.24) is 4.57 Å². The third-order valence-corrected chi connectivity index (χ3v) is 8.52. The monoisotopic (exact) mass is 555 g/mol. The van der Waals surface area contributed by atoms with Crippen molar-refractivity contribution in [1.29, 1.82) is 0 Å². The van der Waals surface area contributed by atoms with Crippen LogP contribution in [-0.4, -0.2) is 10.3 Å². The molecule has 3 aromatic heterocycles. The summed E-state index contributed by atoms with van der Waals surface area (Å²) in [6.45, 7) is 0.385. The van der Waals surface area contributed by atoms with E-state index in [1.54, 1.807) is 0 Å². The van der Waals surface area contributed by atoms with Gasteiger partial charge in [0.2, 0.25) is 0 Å². The summed E-state index contributed by atoms with van der Waals surface area (Å²) in [7, 11) is 0. The Kier molecular flexibility index (Phi) is 5.05. The zero-order chi connectivity index (χ0) is 28.5. The van der Waals surface area contributed by atoms with Crippen LogP contribution in [0.3, 0.4) is 0 Å². The van der Waals surface area contributed by atoms with E-state index in [2.05, 4.69) is 47.0 Å². The third-order valence-electron chi connectivity index (χ3n) is 8.52. The fourth-order valence-electron chi connectivity index (χ4n) is 6.61. The Bertz CT molecular complexity index is 2540. The lowest BCUT2D eigenvalue weighted by Gasteiger charge is -2.13. The van der Waals surface area contributed by atoms with Crippen molar-refractivity contribution in [2.45, 2.75) is 6.67 Å². The molecule has 0 saturated carbocycles. The molecule has 1 aliphatic rings. The molecule has 43 heavy (non-hydrogen) atoms. The quantitative estimate of drug-likeness (QED) is 0.236. The Balaban J connectivity index is 1.38. The first-order chi connectivity index (χ1) is 21.3. The first-order valence-corrected chi connectivity index (χ1v) is 14.4. The van der Waals surface area contributed by atoms with Crippen LogP contribution >= 0.6 is 0 Å². The molecule has 2 N–H and O–H groups in total. The normalized spacial score (nSPS) is 15.8. The third kappa shape index (κ3) is 3.42. The number of furan rings is 2. The minimum atomic E-state index is 0.385. The van der Waals surface area contributed by atoms with Gasteiger partial charge < -0.3 is 19.1 Å². The average Bonchev–Trinajstić information content (AvgIpc) is 3.73. The van der Waals surface area contributed by atoms with Crippen LogP contribution in [0.2, 0.25) is 0 Å². The fourth-order valence-corrected chi connectivity index (χ4v) is 6.61. The molecule has 0 atom stereocenters. The van der Waals surface area contributed by atoms with E-state index < -0.39 is 0 Å². The Morgan fingerprint density at radius 2 is 1.26 bits per heavy atom. The summed E-state index contributed by atoms with van der Waals surface area (Å²) in [5.41, 5.74) is 15.5. The lowest BCUT2D eigenvalue weighted by molar-refractivity contribution is 0.662. The Morgan fingerprint density at radius 1 is 0.628 bits per heavy atom. The van der Waals surface area contributed by atoms with Crippen molar-refractivity contribution in [3.8, 4) is 0 Å². The molecule has 0 amide bonds. The van der Waals surface area contributed by atoms with Crippen LogP contribution in [0, 0.1) is 0 Å². The zero-order valence-electron chi connectivity index (χ0n) is 23.1. The van der Waals surface area contributed by atoms with Gasteiger partial charge in [0.15, 0.2) is 5.58 Å². The molecule has 3 heterocycles. The van der Waals surface area contributed by atoms with Crippen molar-refractivity contribution in [2.24, 2.45) is 10.7 Å². The van der Waals surface area contributed by atoms with Crippen molar-refractivity contribution >= 4 is 77.1 Å². The maximum atomic E-state index is 6.69. The van der Waals surface area contributed by atoms with Crippen LogP contribution in [-0.2, 0) is 6.67 Å². The van der Waals surface area contributed by atoms with Gasteiger partial charge in [-0.2, -0.15) is 0 Å². The minimum absolute atomic E-state index is 0.385. The summed E-state index contributed by atoms with van der Waals surface area (Å²) in [6, 6.07) is 35.0. The second-order valence-corrected chi connectivity index (χ2v) is 10.9. The van der Waals surface area contributed by atoms with Crippen molar-refractivity contribution in [3.63, 3.8) is 0 Å². The molecular formula is C38H25N3O2. The highest BCUT2D eigenvalue weighted by Crippen LogP contribution is 2.47. The van der Waals surface area contributed by atoms with Crippen LogP contribution in [0.5, 0.6) is 0 Å². The highest BCUT2D eigenvalue weighted by molar-refractivity contribution is 6.37. The lowest BCUT2D eigenvalue weighted by atomic mass is 9.99. The Morgan fingerprint density at radius 3 is 2.05 bits per heavy atom. The summed E-state index contributed by atoms with van der Waals surface area (Å²) >= 11 is 0. The van der Waals surface area contributed by atoms with Gasteiger partial charge in [-0.3, -0.25) is 4.99 Å². The molecule has 0 saturated heterocycles. The summed E-state index contributed by atoms with van der Waals surface area (Å²) in [5.74, 6) is 0. The number of benzene rings is 5. The topological polar surface area (TPSA) is 69.6 Å². The number of fused-ring (bicyclic) bond motifs is 12. The summed E-state index contributed by atoms with van der Waals surface area (Å²) in [6.07, 6.45) is 8.07. The van der Waals surface area contributed by atoms with Crippen LogP contribution in [0.15, 0.2) is 147 Å². The molecule has 5 heteroatoms. The van der Waals surface area contributed by atoms with E-state index in [4.69, 9.17) is 19.6 Å². The van der Waals surface area contributed by atoms with Gasteiger partial charge in [0.25, 0.3) is 0 Å². The van der Waals surface area contributed by atoms with Crippen LogP contribution in [0.1, 0.15) is 5.56 Å². The number of hydrogen-bond acceptors (Lipinski definition) is 4. The molecular weight excluding hydrogens is 530 g/mol. The number of nitrogens with two attached hydrogens (primary N) is 1. The number of hydrogen-bond donors (Lipinski definition) is 1. The number of allylic oxidation sites excluding steroid dienone is 5. The highest BCUT2D eigenvalue weighted by atomic mass is 16.3. The zero-order valence-corrected chi connectivity index (χ0v) is 23.1. The van der Waals surface area contributed by atoms with Gasteiger partial charge in [0.05, 0.1) is 22.1 Å². The number of para-hydroxylation sites is 3. The second kappa shape index (κ2) is 9.10. The summed E-state index contributed by atoms with van der Waals surface area (Å²) < 4.78 is 15.5. The van der Waals surface area contributed by atoms with Crippen LogP contribution in [0.4, 0.5) is 0 Å². The van der Waals surface area contributed by atoms with Gasteiger partial charge in [0.1, 0.15) is 23.4 Å². The molecule has 8 aromatic rings. The van der Waals surface area contributed by atoms with E-state index in [0.717, 1.165) is 82.5 Å². The van der Waals surface area contributed by atoms with Gasteiger partial charge in [-0.1, -0.05) is 103 Å². The molecule has 0 radical (unpaired) electrons. The molecule has 0 aliphatic heterocycles. The summed E-state index contributed by atoms with van der Waals surface area (Å²) in [4.78, 5) is 5.18. The molecule has 1 aliphatic carbocycles. The van der Waals surface area contributed by atoms with E-state index in [9.17, 15) is 0 Å². The average molecular weight is 556 g/mol. The fraction of sp³-hybridized carbons (Fsp3) is 0.0263. The van der Waals surface area contributed by atoms with Crippen molar-refractivity contribution in [2.75, 3.05) is 0 Å². The smallest absolute Gasteiger partial charge is 0.163 e. The molecule has 5 nitrogen and oxygen atoms in total. The van der Waals surface area contributed by atoms with Crippen LogP contribution in [0.25, 0.3) is 71.4 Å². The predicted molar refractivity (Wildman–Crippen MR) is 177 cm³/mol. The molecule has 0 unspecified atom stereocenters. The number of aromatic nitrogens is 1. The van der Waals surface area contributed by atoms with E-state index in [-0.39, 0.29) is 0 Å². The SMILES string of the molecule is N/C(=C1/C=CC=C/C1=N/Cn1c2ccccc2c2c3c4ccccc4oc3c3c4ccccc4oc3c21)c1ccccc1. The maximum absolute atomic E-state index is 6.69. The van der Waals surface area contributed by atoms with E-state index >= 15 is 0 Å². The number of rotatable bonds is 3. The summed E-state index contributed by atoms with van der Waals surface area (Å²) in [5, 5.41) is 6.45. The Labute approximate surface area is 246 Å². The molecule has 0 bridgehead atoms. The van der Waals surface area contributed by atoms with Gasteiger partial charge in [-0.15, -0.1) is 0 Å². The predicted octanol–water partition coefficient (Wildman–Crippen LogP) is 9.49. The highest BCUT2D eigenvalue weighted by Gasteiger charge is 2.25. The molecule has 9 rings (SSSR count). The van der Waals surface area contributed by atoms with Crippen molar-refractivity contribution < 1.29 is 8.83 Å². The first-order valence-electron chi connectivity index (χ1n) is 14.4. The molecule has 0 fully saturated rings. The standard InChI is InChI=1S/C38H25N3O2/c39-35(23-12-2-1-3-13-23)24-14-4-8-18-28(24)40-22-41-29-19-9-5-15-25(29)32-33-26-16-6-10-20-30(26)42-37(33)34-27-17-7-11-21-31(27)43-38(34)36(32)41/h1-21H,22,39H2/b35-24-,40-28-. The van der Waals surface area contributed by atoms with Crippen LogP contribution < -0.4 is 5.73 Å². The van der Waals surface area contributed by atoms with Gasteiger partial charge in [0, 0.05) is 38.2 Å². The first kappa shape index (κ1) is 23.9. The number of nitrogens with zero attached hydrogens (tertiary/aromatic N) is 2.